The van der Waals surface area contributed by atoms with Crippen LogP contribution in [0.15, 0.2) is 48.5 Å². The quantitative estimate of drug-likeness (QED) is 0.674. The van der Waals surface area contributed by atoms with Crippen LogP contribution in [0.5, 0.6) is 11.5 Å². The van der Waals surface area contributed by atoms with Crippen molar-refractivity contribution in [2.45, 2.75) is 19.6 Å². The van der Waals surface area contributed by atoms with E-state index in [9.17, 15) is 4.79 Å². The van der Waals surface area contributed by atoms with E-state index < -0.39 is 0 Å². The Bertz CT molecular complexity index is 970. The Labute approximate surface area is 162 Å². The van der Waals surface area contributed by atoms with Crippen LogP contribution in [0.4, 0.5) is 0 Å². The minimum Gasteiger partial charge on any atom is -0.486 e. The molecule has 8 nitrogen and oxygen atoms in total. The van der Waals surface area contributed by atoms with E-state index in [4.69, 9.17) is 9.47 Å². The largest absolute Gasteiger partial charge is 0.486 e. The number of likely N-dealkylation sites (N-methyl/N-ethyl adjacent to an activating group) is 1. The number of nitrogens with zero attached hydrogens (tertiary/aromatic N) is 5. The number of fused-ring (bicyclic) bond motifs is 1. The molecule has 28 heavy (non-hydrogen) atoms. The molecule has 1 atom stereocenters. The number of carbonyl (C=O) groups excluding carboxylic acids is 1. The first-order chi connectivity index (χ1) is 13.6. The average Bonchev–Trinajstić information content (AvgIpc) is 3.17. The third-order valence-electron chi connectivity index (χ3n) is 4.51. The van der Waals surface area contributed by atoms with Crippen LogP contribution in [-0.2, 0) is 11.3 Å². The second kappa shape index (κ2) is 7.67. The van der Waals surface area contributed by atoms with Crippen molar-refractivity contribution < 1.29 is 14.3 Å². The van der Waals surface area contributed by atoms with Gasteiger partial charge >= 0.3 is 0 Å². The summed E-state index contributed by atoms with van der Waals surface area (Å²) in [7, 11) is 1.73. The van der Waals surface area contributed by atoms with Crippen molar-refractivity contribution in [3.05, 3.63) is 54.1 Å². The Hall–Kier alpha value is -3.42. The van der Waals surface area contributed by atoms with Crippen molar-refractivity contribution in [2.24, 2.45) is 0 Å². The van der Waals surface area contributed by atoms with Gasteiger partial charge in [-0.25, -0.2) is 0 Å². The first-order valence-electron chi connectivity index (χ1n) is 9.06. The molecule has 0 unspecified atom stereocenters. The zero-order chi connectivity index (χ0) is 19.5. The highest BCUT2D eigenvalue weighted by molar-refractivity contribution is 5.75. The number of hydrogen-bond donors (Lipinski definition) is 0. The van der Waals surface area contributed by atoms with E-state index in [0.717, 1.165) is 16.9 Å². The molecule has 0 spiro atoms. The topological polar surface area (TPSA) is 82.4 Å². The first-order valence-corrected chi connectivity index (χ1v) is 9.06. The molecule has 1 aromatic heterocycles. The molecule has 3 aromatic rings. The number of para-hydroxylation sites is 2. The molecule has 144 valence electrons. The van der Waals surface area contributed by atoms with Gasteiger partial charge in [-0.05, 0) is 24.3 Å². The Morgan fingerprint density at radius 2 is 1.93 bits per heavy atom. The third kappa shape index (κ3) is 3.95. The first kappa shape index (κ1) is 18.0. The van der Waals surface area contributed by atoms with Gasteiger partial charge in [0.25, 0.3) is 0 Å². The van der Waals surface area contributed by atoms with Gasteiger partial charge < -0.3 is 14.4 Å². The second-order valence-corrected chi connectivity index (χ2v) is 6.78. The van der Waals surface area contributed by atoms with E-state index in [-0.39, 0.29) is 18.6 Å². The molecule has 2 aromatic carbocycles. The van der Waals surface area contributed by atoms with Crippen LogP contribution in [-0.4, -0.2) is 57.3 Å². The predicted molar refractivity (Wildman–Crippen MR) is 102 cm³/mol. The number of aromatic nitrogens is 4. The van der Waals surface area contributed by atoms with E-state index in [2.05, 4.69) is 15.4 Å². The van der Waals surface area contributed by atoms with Crippen molar-refractivity contribution in [2.75, 3.05) is 20.2 Å². The minimum atomic E-state index is -0.226. The third-order valence-corrected chi connectivity index (χ3v) is 4.51. The molecule has 4 rings (SSSR count). The van der Waals surface area contributed by atoms with Gasteiger partial charge in [0.1, 0.15) is 13.2 Å². The van der Waals surface area contributed by atoms with Gasteiger partial charge in [-0.15, -0.1) is 10.2 Å². The van der Waals surface area contributed by atoms with Crippen molar-refractivity contribution in [3.63, 3.8) is 0 Å². The molecule has 1 aliphatic rings. The van der Waals surface area contributed by atoms with Gasteiger partial charge in [0.15, 0.2) is 17.6 Å². The maximum atomic E-state index is 12.5. The molecule has 0 fully saturated rings. The van der Waals surface area contributed by atoms with Crippen molar-refractivity contribution in [1.29, 1.82) is 0 Å². The summed E-state index contributed by atoms with van der Waals surface area (Å²) in [5.74, 6) is 1.79. The number of rotatable bonds is 5. The molecule has 0 N–H and O–H groups in total. The summed E-state index contributed by atoms with van der Waals surface area (Å²) in [4.78, 5) is 15.4. The van der Waals surface area contributed by atoms with Crippen LogP contribution in [0, 0.1) is 6.92 Å². The van der Waals surface area contributed by atoms with Crippen molar-refractivity contribution in [3.8, 4) is 22.9 Å². The van der Waals surface area contributed by atoms with Crippen LogP contribution in [0.25, 0.3) is 11.4 Å². The minimum absolute atomic E-state index is 0.0134. The summed E-state index contributed by atoms with van der Waals surface area (Å²) < 4.78 is 11.6. The molecular weight excluding hydrogens is 358 g/mol. The number of tetrazole rings is 1. The van der Waals surface area contributed by atoms with Crippen LogP contribution in [0.2, 0.25) is 0 Å². The zero-order valence-corrected chi connectivity index (χ0v) is 15.8. The molecule has 2 heterocycles. The molecule has 1 amide bonds. The lowest BCUT2D eigenvalue weighted by Crippen LogP contribution is -2.43. The van der Waals surface area contributed by atoms with E-state index in [1.165, 1.54) is 4.80 Å². The number of carbonyl (C=O) groups is 1. The average molecular weight is 379 g/mol. The number of amides is 1. The van der Waals surface area contributed by atoms with Gasteiger partial charge in [-0.3, -0.25) is 4.79 Å². The summed E-state index contributed by atoms with van der Waals surface area (Å²) in [6.45, 7) is 2.84. The lowest BCUT2D eigenvalue weighted by atomic mass is 10.1. The molecule has 8 heteroatoms. The number of ether oxygens (including phenoxy) is 2. The Kier molecular flexibility index (Phi) is 4.92. The molecule has 0 aliphatic carbocycles. The van der Waals surface area contributed by atoms with Crippen LogP contribution >= 0.6 is 0 Å². The SMILES string of the molecule is Cc1ccc(-c2nnn(CC(=O)N(C)C[C@@H]3COc4ccccc4O3)n2)cc1. The fourth-order valence-electron chi connectivity index (χ4n) is 2.93. The normalized spacial score (nSPS) is 15.3. The fourth-order valence-corrected chi connectivity index (χ4v) is 2.93. The van der Waals surface area contributed by atoms with Crippen molar-refractivity contribution in [1.82, 2.24) is 25.1 Å². The van der Waals surface area contributed by atoms with Gasteiger partial charge in [0, 0.05) is 12.6 Å². The summed E-state index contributed by atoms with van der Waals surface area (Å²) in [6.07, 6.45) is -0.226. The maximum absolute atomic E-state index is 12.5. The highest BCUT2D eigenvalue weighted by atomic mass is 16.6. The monoisotopic (exact) mass is 379 g/mol. The van der Waals surface area contributed by atoms with Gasteiger partial charge in [0.2, 0.25) is 11.7 Å². The van der Waals surface area contributed by atoms with Gasteiger partial charge in [-0.1, -0.05) is 42.0 Å². The fraction of sp³-hybridized carbons (Fsp3) is 0.300. The molecule has 0 saturated heterocycles. The molecular formula is C20H21N5O3. The Morgan fingerprint density at radius 3 is 2.71 bits per heavy atom. The number of aryl methyl sites for hydroxylation is 1. The number of hydrogen-bond acceptors (Lipinski definition) is 6. The predicted octanol–water partition coefficient (Wildman–Crippen LogP) is 1.95. The van der Waals surface area contributed by atoms with Gasteiger partial charge in [-0.2, -0.15) is 4.80 Å². The highest BCUT2D eigenvalue weighted by Gasteiger charge is 2.24. The Morgan fingerprint density at radius 1 is 1.18 bits per heavy atom. The lowest BCUT2D eigenvalue weighted by Gasteiger charge is -2.29. The second-order valence-electron chi connectivity index (χ2n) is 6.78. The number of benzene rings is 2. The molecule has 0 bridgehead atoms. The molecule has 0 saturated carbocycles. The summed E-state index contributed by atoms with van der Waals surface area (Å²) in [5, 5.41) is 12.3. The molecule has 0 radical (unpaired) electrons. The van der Waals surface area contributed by atoms with E-state index in [0.29, 0.717) is 24.7 Å². The van der Waals surface area contributed by atoms with Crippen LogP contribution < -0.4 is 9.47 Å². The smallest absolute Gasteiger partial charge is 0.246 e. The molecule has 1 aliphatic heterocycles. The highest BCUT2D eigenvalue weighted by Crippen LogP contribution is 2.30. The summed E-state index contributed by atoms with van der Waals surface area (Å²) >= 11 is 0. The lowest BCUT2D eigenvalue weighted by molar-refractivity contribution is -0.132. The zero-order valence-electron chi connectivity index (χ0n) is 15.8. The standard InChI is InChI=1S/C20H21N5O3/c1-14-7-9-15(10-8-14)20-21-23-25(22-20)12-19(26)24(2)11-16-13-27-17-5-3-4-6-18(17)28-16/h3-10,16H,11-13H2,1-2H3/t16-/m1/s1. The maximum Gasteiger partial charge on any atom is 0.246 e. The summed E-state index contributed by atoms with van der Waals surface area (Å²) in [5.41, 5.74) is 2.02. The van der Waals surface area contributed by atoms with E-state index >= 15 is 0 Å². The van der Waals surface area contributed by atoms with Crippen LogP contribution in [0.1, 0.15) is 5.56 Å². The van der Waals surface area contributed by atoms with E-state index in [1.54, 1.807) is 11.9 Å². The Balaban J connectivity index is 1.34. The summed E-state index contributed by atoms with van der Waals surface area (Å²) in [6, 6.07) is 15.3. The van der Waals surface area contributed by atoms with Crippen LogP contribution in [0.3, 0.4) is 0 Å². The van der Waals surface area contributed by atoms with Crippen molar-refractivity contribution >= 4 is 5.91 Å². The van der Waals surface area contributed by atoms with Gasteiger partial charge in [0.05, 0.1) is 6.54 Å². The van der Waals surface area contributed by atoms with E-state index in [1.807, 2.05) is 55.5 Å².